The van der Waals surface area contributed by atoms with Gasteiger partial charge in [0.05, 0.1) is 16.9 Å². The molecule has 6 heteroatoms. The average Bonchev–Trinajstić information content (AvgIpc) is 3.75. The van der Waals surface area contributed by atoms with Crippen molar-refractivity contribution in [2.24, 2.45) is 16.6 Å². The van der Waals surface area contributed by atoms with E-state index < -0.39 is 0 Å². The molecule has 38 heavy (non-hydrogen) atoms. The summed E-state index contributed by atoms with van der Waals surface area (Å²) in [6.07, 6.45) is 15.1. The predicted molar refractivity (Wildman–Crippen MR) is 157 cm³/mol. The maximum Gasteiger partial charge on any atom is 0.149 e. The third kappa shape index (κ3) is 4.93. The Morgan fingerprint density at radius 2 is 1.68 bits per heavy atom. The zero-order valence-corrected chi connectivity index (χ0v) is 22.2. The van der Waals surface area contributed by atoms with Crippen LogP contribution in [0, 0.1) is 5.92 Å². The number of nitrogens with two attached hydrogens (primary N) is 1. The summed E-state index contributed by atoms with van der Waals surface area (Å²) in [6.45, 7) is 0. The summed E-state index contributed by atoms with van der Waals surface area (Å²) in [5, 5.41) is 8.38. The Hall–Kier alpha value is -3.64. The van der Waals surface area contributed by atoms with E-state index in [-0.39, 0.29) is 6.17 Å². The van der Waals surface area contributed by atoms with Crippen LogP contribution < -0.4 is 16.4 Å². The van der Waals surface area contributed by atoms with Crippen LogP contribution in [-0.2, 0) is 0 Å². The van der Waals surface area contributed by atoms with Crippen LogP contribution in [0.5, 0.6) is 0 Å². The molecule has 0 amide bonds. The van der Waals surface area contributed by atoms with Gasteiger partial charge in [-0.25, -0.2) is 9.98 Å². The molecule has 4 N–H and O–H groups in total. The van der Waals surface area contributed by atoms with Crippen molar-refractivity contribution in [3.05, 3.63) is 84.3 Å². The van der Waals surface area contributed by atoms with E-state index in [2.05, 4.69) is 76.2 Å². The van der Waals surface area contributed by atoms with Crippen molar-refractivity contribution in [3.63, 3.8) is 0 Å². The van der Waals surface area contributed by atoms with Crippen LogP contribution in [0.3, 0.4) is 0 Å². The highest BCUT2D eigenvalue weighted by atomic mass is 15.3. The molecule has 7 rings (SSSR count). The Balaban J connectivity index is 0.000000476. The van der Waals surface area contributed by atoms with Crippen LogP contribution in [0.15, 0.2) is 83.8 Å². The van der Waals surface area contributed by atoms with Crippen molar-refractivity contribution >= 4 is 22.4 Å². The van der Waals surface area contributed by atoms with E-state index in [1.54, 1.807) is 6.20 Å². The van der Waals surface area contributed by atoms with Crippen molar-refractivity contribution in [1.82, 2.24) is 20.5 Å². The first kappa shape index (κ1) is 24.7. The molecule has 2 saturated carbocycles. The van der Waals surface area contributed by atoms with E-state index in [1.807, 2.05) is 18.2 Å². The molecule has 0 saturated heterocycles. The van der Waals surface area contributed by atoms with Crippen LogP contribution in [0.2, 0.25) is 0 Å². The molecule has 4 aliphatic rings. The lowest BCUT2D eigenvalue weighted by atomic mass is 10.0. The Morgan fingerprint density at radius 1 is 0.921 bits per heavy atom. The number of aliphatic imine (C=N–C) groups is 1. The van der Waals surface area contributed by atoms with E-state index in [0.717, 1.165) is 45.5 Å². The van der Waals surface area contributed by atoms with Crippen LogP contribution in [0.4, 0.5) is 0 Å². The van der Waals surface area contributed by atoms with Gasteiger partial charge in [0.2, 0.25) is 0 Å². The Kier molecular flexibility index (Phi) is 7.14. The lowest BCUT2D eigenvalue weighted by Gasteiger charge is -2.31. The zero-order valence-electron chi connectivity index (χ0n) is 22.2. The Labute approximate surface area is 225 Å². The third-order valence-corrected chi connectivity index (χ3v) is 8.40. The predicted octanol–water partition coefficient (Wildman–Crippen LogP) is 5.98. The summed E-state index contributed by atoms with van der Waals surface area (Å²) in [4.78, 5) is 11.6. The summed E-state index contributed by atoms with van der Waals surface area (Å²) in [5.41, 5.74) is 12.6. The topological polar surface area (TPSA) is 78.6 Å². The van der Waals surface area contributed by atoms with Crippen molar-refractivity contribution in [3.8, 4) is 11.3 Å². The van der Waals surface area contributed by atoms with E-state index in [4.69, 9.17) is 10.7 Å². The van der Waals surface area contributed by atoms with Gasteiger partial charge in [-0.15, -0.1) is 0 Å². The van der Waals surface area contributed by atoms with Gasteiger partial charge in [-0.05, 0) is 44.4 Å². The molecule has 2 fully saturated rings. The highest BCUT2D eigenvalue weighted by molar-refractivity contribution is 6.05. The number of nitrogens with one attached hydrogen (secondary N) is 2. The quantitative estimate of drug-likeness (QED) is 0.406. The second-order valence-corrected chi connectivity index (χ2v) is 10.8. The van der Waals surface area contributed by atoms with Crippen molar-refractivity contribution in [2.75, 3.05) is 7.05 Å². The minimum Gasteiger partial charge on any atom is -0.382 e. The van der Waals surface area contributed by atoms with Gasteiger partial charge in [0, 0.05) is 35.0 Å². The normalized spacial score (nSPS) is 24.2. The minimum atomic E-state index is 0.179. The fraction of sp³-hybridized carbons (Fsp3) is 0.375. The summed E-state index contributed by atoms with van der Waals surface area (Å²) in [7, 11) is 2.06. The summed E-state index contributed by atoms with van der Waals surface area (Å²) in [5.74, 6) is 1.09. The standard InChI is InChI=1S/C27H28N6.C5H10/c1-29-21-11-9-20(15-21)27-32-24(25-26(28)30-13-14-33(25)27)19-8-7-18-10-12-22(31-23(18)16-19)17-5-3-2-4-6-17;1-2-4-5-3-1/h2-8,10,12-14,16,20-21,27,29,32H,9,11,15H2,1H3,(H2,28,30);1-5H2. The molecule has 3 atom stereocenters. The van der Waals surface area contributed by atoms with Gasteiger partial charge in [0.25, 0.3) is 0 Å². The molecule has 196 valence electrons. The molecule has 2 aromatic carbocycles. The number of rotatable bonds is 4. The maximum absolute atomic E-state index is 6.41. The number of fused-ring (bicyclic) bond motifs is 2. The van der Waals surface area contributed by atoms with Crippen LogP contribution in [0.1, 0.15) is 56.9 Å². The fourth-order valence-corrected chi connectivity index (χ4v) is 6.28. The summed E-state index contributed by atoms with van der Waals surface area (Å²) < 4.78 is 0. The van der Waals surface area contributed by atoms with Gasteiger partial charge in [-0.1, -0.05) is 80.6 Å². The number of hydrogen-bond donors (Lipinski definition) is 3. The molecule has 2 aliphatic heterocycles. The molecule has 0 bridgehead atoms. The monoisotopic (exact) mass is 506 g/mol. The van der Waals surface area contributed by atoms with Crippen molar-refractivity contribution < 1.29 is 0 Å². The third-order valence-electron chi connectivity index (χ3n) is 8.40. The number of benzene rings is 2. The second-order valence-electron chi connectivity index (χ2n) is 10.8. The Bertz CT molecular complexity index is 1360. The second kappa shape index (κ2) is 11.0. The van der Waals surface area contributed by atoms with Crippen molar-refractivity contribution in [2.45, 2.75) is 63.6 Å². The minimum absolute atomic E-state index is 0.179. The van der Waals surface area contributed by atoms with E-state index in [1.165, 1.54) is 44.9 Å². The van der Waals surface area contributed by atoms with E-state index >= 15 is 0 Å². The first-order valence-corrected chi connectivity index (χ1v) is 14.1. The van der Waals surface area contributed by atoms with Gasteiger partial charge in [0.1, 0.15) is 17.7 Å². The molecule has 0 spiro atoms. The van der Waals surface area contributed by atoms with Gasteiger partial charge < -0.3 is 21.3 Å². The first-order chi connectivity index (χ1) is 18.7. The first-order valence-electron chi connectivity index (χ1n) is 14.1. The van der Waals surface area contributed by atoms with Gasteiger partial charge in [0.15, 0.2) is 0 Å². The average molecular weight is 507 g/mol. The molecule has 2 aliphatic carbocycles. The SMILES string of the molecule is C1CCCC1.CNC1CCC(C2NC(c3ccc4ccc(-c5ccccc5)nc4c3)=C3C(N)=NC=CN32)C1. The maximum atomic E-state index is 6.41. The number of hydrogen-bond acceptors (Lipinski definition) is 6. The fourth-order valence-electron chi connectivity index (χ4n) is 6.28. The molecular weight excluding hydrogens is 468 g/mol. The summed E-state index contributed by atoms with van der Waals surface area (Å²) in [6, 6.07) is 21.5. The largest absolute Gasteiger partial charge is 0.382 e. The lowest BCUT2D eigenvalue weighted by Crippen LogP contribution is -2.42. The lowest BCUT2D eigenvalue weighted by molar-refractivity contribution is 0.247. The highest BCUT2D eigenvalue weighted by Gasteiger charge is 2.41. The summed E-state index contributed by atoms with van der Waals surface area (Å²) >= 11 is 0. The molecule has 3 heterocycles. The van der Waals surface area contributed by atoms with Crippen LogP contribution in [0.25, 0.3) is 27.9 Å². The van der Waals surface area contributed by atoms with Crippen LogP contribution >= 0.6 is 0 Å². The van der Waals surface area contributed by atoms with Gasteiger partial charge in [-0.3, -0.25) is 0 Å². The Morgan fingerprint density at radius 3 is 2.42 bits per heavy atom. The van der Waals surface area contributed by atoms with Gasteiger partial charge in [-0.2, -0.15) is 0 Å². The van der Waals surface area contributed by atoms with Crippen LogP contribution in [-0.4, -0.2) is 35.0 Å². The molecule has 1 aromatic heterocycles. The highest BCUT2D eigenvalue weighted by Crippen LogP contribution is 2.39. The van der Waals surface area contributed by atoms with E-state index in [0.29, 0.717) is 17.8 Å². The smallest absolute Gasteiger partial charge is 0.149 e. The number of aromatic nitrogens is 1. The van der Waals surface area contributed by atoms with Crippen molar-refractivity contribution in [1.29, 1.82) is 0 Å². The van der Waals surface area contributed by atoms with E-state index in [9.17, 15) is 0 Å². The molecule has 3 unspecified atom stereocenters. The molecule has 6 nitrogen and oxygen atoms in total. The number of amidine groups is 1. The zero-order chi connectivity index (χ0) is 25.9. The number of nitrogens with zero attached hydrogens (tertiary/aromatic N) is 3. The van der Waals surface area contributed by atoms with Gasteiger partial charge >= 0.3 is 0 Å². The molecule has 3 aromatic rings. The molecular formula is C32H38N6. The molecule has 0 radical (unpaired) electrons. The number of pyridine rings is 1.